The molecule has 1 atom stereocenters. The maximum absolute atomic E-state index is 13.0. The Bertz CT molecular complexity index is 998. The van der Waals surface area contributed by atoms with Crippen LogP contribution >= 0.6 is 11.3 Å². The Hall–Kier alpha value is -2.98. The van der Waals surface area contributed by atoms with Crippen molar-refractivity contribution in [3.8, 4) is 0 Å². The molecule has 1 aromatic carbocycles. The number of carbonyl (C=O) groups is 1. The molecule has 4 rings (SSSR count). The molecule has 1 saturated heterocycles. The fourth-order valence-corrected chi connectivity index (χ4v) is 4.53. The summed E-state index contributed by atoms with van der Waals surface area (Å²) in [6.07, 6.45) is 3.92. The summed E-state index contributed by atoms with van der Waals surface area (Å²) in [4.78, 5) is 16.9. The van der Waals surface area contributed by atoms with E-state index in [9.17, 15) is 9.18 Å². The summed E-state index contributed by atoms with van der Waals surface area (Å²) in [5.41, 5.74) is 0.823. The van der Waals surface area contributed by atoms with E-state index in [0.29, 0.717) is 24.1 Å². The van der Waals surface area contributed by atoms with E-state index in [1.807, 2.05) is 19.2 Å². The van der Waals surface area contributed by atoms with E-state index in [0.717, 1.165) is 42.3 Å². The average Bonchev–Trinajstić information content (AvgIpc) is 3.43. The molecule has 0 spiro atoms. The number of hydrogen-bond donors (Lipinski definition) is 1. The smallest absolute Gasteiger partial charge is 0.282 e. The summed E-state index contributed by atoms with van der Waals surface area (Å²) >= 11 is 1.29. The van der Waals surface area contributed by atoms with E-state index < -0.39 is 0 Å². The third-order valence-electron chi connectivity index (χ3n) is 5.18. The first-order valence-corrected chi connectivity index (χ1v) is 11.0. The van der Waals surface area contributed by atoms with E-state index >= 15 is 0 Å². The minimum absolute atomic E-state index is 0.277. The van der Waals surface area contributed by atoms with E-state index in [4.69, 9.17) is 0 Å². The number of rotatable bonds is 8. The Morgan fingerprint density at radius 3 is 2.87 bits per heavy atom. The van der Waals surface area contributed by atoms with Crippen LogP contribution in [0.5, 0.6) is 0 Å². The summed E-state index contributed by atoms with van der Waals surface area (Å²) in [6, 6.07) is 10.3. The Balaban J connectivity index is 1.29. The molecule has 1 unspecified atom stereocenters. The number of halogens is 1. The molecule has 1 fully saturated rings. The monoisotopic (exact) mass is 441 g/mol. The molecule has 0 aliphatic carbocycles. The molecule has 162 valence electrons. The predicted molar refractivity (Wildman–Crippen MR) is 116 cm³/mol. The van der Waals surface area contributed by atoms with Gasteiger partial charge in [0.15, 0.2) is 5.82 Å². The van der Waals surface area contributed by atoms with Gasteiger partial charge in [0.1, 0.15) is 10.8 Å². The first-order valence-electron chi connectivity index (χ1n) is 10.2. The maximum Gasteiger partial charge on any atom is 0.282 e. The molecule has 0 bridgehead atoms. The lowest BCUT2D eigenvalue weighted by Gasteiger charge is -2.28. The third-order valence-corrected chi connectivity index (χ3v) is 6.09. The number of aromatic nitrogens is 4. The molecule has 3 heterocycles. The zero-order valence-corrected chi connectivity index (χ0v) is 18.1. The first kappa shape index (κ1) is 21.3. The van der Waals surface area contributed by atoms with E-state index in [1.165, 1.54) is 23.5 Å². The van der Waals surface area contributed by atoms with Crippen molar-refractivity contribution in [2.45, 2.75) is 32.0 Å². The largest absolute Gasteiger partial charge is 0.351 e. The number of likely N-dealkylation sites (N-methyl/N-ethyl adjacent to an activating group) is 1. The molecular formula is C21H24FN7OS. The molecule has 8 nitrogen and oxygen atoms in total. The summed E-state index contributed by atoms with van der Waals surface area (Å²) in [7, 11) is 2.04. The maximum atomic E-state index is 13.0. The summed E-state index contributed by atoms with van der Waals surface area (Å²) in [5.74, 6) is 0.333. The third kappa shape index (κ3) is 5.59. The Morgan fingerprint density at radius 1 is 1.26 bits per heavy atom. The van der Waals surface area contributed by atoms with Gasteiger partial charge in [-0.3, -0.25) is 9.69 Å². The number of anilines is 1. The molecule has 1 amide bonds. The molecular weight excluding hydrogens is 417 g/mol. The Kier molecular flexibility index (Phi) is 6.78. The van der Waals surface area contributed by atoms with Crippen LogP contribution in [0.25, 0.3) is 0 Å². The molecule has 2 aromatic heterocycles. The number of benzene rings is 1. The van der Waals surface area contributed by atoms with Crippen LogP contribution < -0.4 is 10.2 Å². The molecule has 0 saturated carbocycles. The second kappa shape index (κ2) is 9.88. The topological polar surface area (TPSA) is 87.1 Å². The highest BCUT2D eigenvalue weighted by molar-refractivity contribution is 7.13. The standard InChI is InChI=1S/C21H24FN7OS/c1-28(13-17-4-3-11-29(17)18-5-2-10-24-25-18)14-19-26-27-21(31-19)20(30)23-12-15-6-8-16(22)9-7-15/h2,5-10,17H,3-4,11-14H2,1H3,(H,23,30). The number of hydrogen-bond acceptors (Lipinski definition) is 8. The van der Waals surface area contributed by atoms with Gasteiger partial charge in [-0.2, -0.15) is 5.10 Å². The molecule has 3 aromatic rings. The van der Waals surface area contributed by atoms with Crippen LogP contribution in [0.15, 0.2) is 42.6 Å². The average molecular weight is 442 g/mol. The van der Waals surface area contributed by atoms with E-state index in [1.54, 1.807) is 18.3 Å². The predicted octanol–water partition coefficient (Wildman–Crippen LogP) is 2.50. The van der Waals surface area contributed by atoms with E-state index in [2.05, 4.69) is 35.5 Å². The fraction of sp³-hybridized carbons (Fsp3) is 0.381. The normalized spacial score (nSPS) is 16.1. The lowest BCUT2D eigenvalue weighted by Crippen LogP contribution is -2.39. The van der Waals surface area contributed by atoms with Crippen LogP contribution in [0.4, 0.5) is 10.2 Å². The highest BCUT2D eigenvalue weighted by atomic mass is 32.1. The van der Waals surface area contributed by atoms with Crippen molar-refractivity contribution in [2.75, 3.05) is 25.0 Å². The van der Waals surface area contributed by atoms with Gasteiger partial charge >= 0.3 is 0 Å². The first-order chi connectivity index (χ1) is 15.1. The molecule has 31 heavy (non-hydrogen) atoms. The van der Waals surface area contributed by atoms with Crippen LogP contribution in [-0.2, 0) is 13.1 Å². The van der Waals surface area contributed by atoms with Crippen molar-refractivity contribution in [3.05, 3.63) is 64.0 Å². The highest BCUT2D eigenvalue weighted by Gasteiger charge is 2.27. The second-order valence-corrected chi connectivity index (χ2v) is 8.64. The highest BCUT2D eigenvalue weighted by Crippen LogP contribution is 2.24. The zero-order valence-electron chi connectivity index (χ0n) is 17.2. The molecule has 10 heteroatoms. The summed E-state index contributed by atoms with van der Waals surface area (Å²) < 4.78 is 13.0. The van der Waals surface area contributed by atoms with Crippen LogP contribution in [0.1, 0.15) is 33.2 Å². The van der Waals surface area contributed by atoms with Gasteiger partial charge in [0.05, 0.1) is 6.54 Å². The van der Waals surface area contributed by atoms with Crippen LogP contribution in [0.3, 0.4) is 0 Å². The van der Waals surface area contributed by atoms with Crippen LogP contribution in [0.2, 0.25) is 0 Å². The van der Waals surface area contributed by atoms with Crippen molar-refractivity contribution in [1.29, 1.82) is 0 Å². The van der Waals surface area contributed by atoms with Gasteiger partial charge in [0.2, 0.25) is 5.01 Å². The van der Waals surface area contributed by atoms with Gasteiger partial charge in [0.25, 0.3) is 5.91 Å². The number of nitrogens with zero attached hydrogens (tertiary/aromatic N) is 6. The minimum atomic E-state index is -0.301. The summed E-state index contributed by atoms with van der Waals surface area (Å²) in [5, 5.41) is 20.4. The molecule has 1 aliphatic heterocycles. The van der Waals surface area contributed by atoms with Crippen LogP contribution in [0, 0.1) is 5.82 Å². The number of carbonyl (C=O) groups excluding carboxylic acids is 1. The number of amides is 1. The molecule has 1 aliphatic rings. The van der Waals surface area contributed by atoms with Crippen molar-refractivity contribution in [1.82, 2.24) is 30.6 Å². The fourth-order valence-electron chi connectivity index (χ4n) is 3.70. The van der Waals surface area contributed by atoms with Crippen molar-refractivity contribution in [3.63, 3.8) is 0 Å². The van der Waals surface area contributed by atoms with Gasteiger partial charge in [-0.25, -0.2) is 4.39 Å². The van der Waals surface area contributed by atoms with Crippen molar-refractivity contribution >= 4 is 23.1 Å². The van der Waals surface area contributed by atoms with E-state index in [-0.39, 0.29) is 11.7 Å². The molecule has 1 N–H and O–H groups in total. The Labute approximate surface area is 184 Å². The number of nitrogens with one attached hydrogen (secondary N) is 1. The van der Waals surface area contributed by atoms with Crippen molar-refractivity contribution in [2.24, 2.45) is 0 Å². The van der Waals surface area contributed by atoms with Crippen molar-refractivity contribution < 1.29 is 9.18 Å². The lowest BCUT2D eigenvalue weighted by molar-refractivity contribution is 0.0950. The van der Waals surface area contributed by atoms with Gasteiger partial charge < -0.3 is 10.2 Å². The Morgan fingerprint density at radius 2 is 2.10 bits per heavy atom. The zero-order chi connectivity index (χ0) is 21.6. The minimum Gasteiger partial charge on any atom is -0.351 e. The van der Waals surface area contributed by atoms with Gasteiger partial charge in [-0.15, -0.1) is 15.3 Å². The van der Waals surface area contributed by atoms with Gasteiger partial charge in [-0.1, -0.05) is 23.5 Å². The van der Waals surface area contributed by atoms with Crippen LogP contribution in [-0.4, -0.2) is 57.4 Å². The van der Waals surface area contributed by atoms with Gasteiger partial charge in [0, 0.05) is 31.9 Å². The lowest BCUT2D eigenvalue weighted by atomic mass is 10.2. The van der Waals surface area contributed by atoms with Gasteiger partial charge in [-0.05, 0) is 49.7 Å². The molecule has 0 radical (unpaired) electrons. The quantitative estimate of drug-likeness (QED) is 0.575. The summed E-state index contributed by atoms with van der Waals surface area (Å²) in [6.45, 7) is 2.78. The second-order valence-electron chi connectivity index (χ2n) is 7.58. The SMILES string of the molecule is CN(Cc1nnc(C(=O)NCc2ccc(F)cc2)s1)CC1CCCN1c1cccnn1.